The Balaban J connectivity index is 0.00000841. The van der Waals surface area contributed by atoms with Gasteiger partial charge < -0.3 is 4.52 Å². The summed E-state index contributed by atoms with van der Waals surface area (Å²) in [5.74, 6) is -2.39. The van der Waals surface area contributed by atoms with E-state index in [1.807, 2.05) is 0 Å². The molecule has 170 valence electrons. The van der Waals surface area contributed by atoms with Crippen LogP contribution in [0.15, 0.2) is 18.2 Å². The van der Waals surface area contributed by atoms with Crippen molar-refractivity contribution < 1.29 is 9.09 Å². The molecule has 0 unspecified atom stereocenters. The predicted molar refractivity (Wildman–Crippen MR) is 143 cm³/mol. The quantitative estimate of drug-likeness (QED) is 0.0945. The van der Waals surface area contributed by atoms with Gasteiger partial charge in [0.25, 0.3) is 0 Å². The molecular weight excluding hydrogens is 438 g/mol. The maximum absolute atomic E-state index is 12.1. The zero-order valence-corrected chi connectivity index (χ0v) is 21.4. The van der Waals surface area contributed by atoms with Crippen LogP contribution in [0, 0.1) is 0 Å². The molecule has 0 fully saturated rings. The number of para-hydroxylation sites is 1. The van der Waals surface area contributed by atoms with E-state index in [1.165, 1.54) is 77.0 Å². The van der Waals surface area contributed by atoms with Crippen LogP contribution in [0.2, 0.25) is 0 Å². The molecule has 0 radical (unpaired) electrons. The van der Waals surface area contributed by atoms with Crippen LogP contribution in [-0.4, -0.2) is 29.6 Å². The van der Waals surface area contributed by atoms with E-state index in [0.717, 1.165) is 42.6 Å². The molecule has 0 heterocycles. The van der Waals surface area contributed by atoms with Crippen LogP contribution in [0.4, 0.5) is 0 Å². The SMILES string of the molecule is CCCCCCCCCc1cccc(CCCCCCCCC)c1OP(=O)(S)S.[NaH]. The molecule has 0 atom stereocenters. The Morgan fingerprint density at radius 3 is 1.43 bits per heavy atom. The van der Waals surface area contributed by atoms with Crippen molar-refractivity contribution >= 4 is 59.8 Å². The molecule has 0 bridgehead atoms. The first-order valence-electron chi connectivity index (χ1n) is 11.8. The first-order chi connectivity index (χ1) is 14.0. The van der Waals surface area contributed by atoms with Crippen molar-refractivity contribution in [1.82, 2.24) is 0 Å². The predicted octanol–water partition coefficient (Wildman–Crippen LogP) is 8.97. The Morgan fingerprint density at radius 1 is 0.700 bits per heavy atom. The summed E-state index contributed by atoms with van der Waals surface area (Å²) in [5.41, 5.74) is 2.31. The minimum atomic E-state index is -3.17. The molecule has 1 aromatic carbocycles. The molecule has 1 aromatic rings. The van der Waals surface area contributed by atoms with Gasteiger partial charge in [0.15, 0.2) is 0 Å². The summed E-state index contributed by atoms with van der Waals surface area (Å²) in [6, 6.07) is 6.33. The fraction of sp³-hybridized carbons (Fsp3) is 0.750. The van der Waals surface area contributed by atoms with Crippen molar-refractivity contribution in [3.05, 3.63) is 29.3 Å². The molecule has 2 nitrogen and oxygen atoms in total. The number of thiol groups is 2. The summed E-state index contributed by atoms with van der Waals surface area (Å²) in [7, 11) is 0. The van der Waals surface area contributed by atoms with E-state index < -0.39 is 5.77 Å². The van der Waals surface area contributed by atoms with Gasteiger partial charge in [0.05, 0.1) is 0 Å². The van der Waals surface area contributed by atoms with E-state index in [4.69, 9.17) is 4.52 Å². The van der Waals surface area contributed by atoms with E-state index in [9.17, 15) is 4.57 Å². The molecule has 6 heteroatoms. The maximum atomic E-state index is 12.1. The Morgan fingerprint density at radius 2 is 1.07 bits per heavy atom. The zero-order valence-electron chi connectivity index (χ0n) is 18.7. The van der Waals surface area contributed by atoms with Gasteiger partial charge in [-0.2, -0.15) is 0 Å². The standard InChI is InChI=1S/C24H43O2PS2.Na.H/c1-3-5-7-9-11-13-15-18-22-20-17-21-23(24(22)26-27(25,28)29)19-16-14-12-10-8-6-4-2;;/h17,20-21H,3-16,18-19H2,1-2H3,(H2,25,28,29);;. The van der Waals surface area contributed by atoms with Crippen molar-refractivity contribution in [2.45, 2.75) is 117 Å². The molecule has 0 aliphatic rings. The number of hydrogen-bond donors (Lipinski definition) is 2. The number of rotatable bonds is 18. The Kier molecular flexibility index (Phi) is 20.0. The summed E-state index contributed by atoms with van der Waals surface area (Å²) in [6.45, 7) is 4.51. The summed E-state index contributed by atoms with van der Waals surface area (Å²) in [6.07, 6.45) is 19.9. The monoisotopic (exact) mass is 482 g/mol. The van der Waals surface area contributed by atoms with E-state index in [2.05, 4.69) is 56.5 Å². The van der Waals surface area contributed by atoms with Gasteiger partial charge in [-0.05, 0) is 36.8 Å². The van der Waals surface area contributed by atoms with Crippen LogP contribution in [0.1, 0.15) is 115 Å². The van der Waals surface area contributed by atoms with Crippen LogP contribution >= 0.6 is 30.3 Å². The molecule has 0 amide bonds. The van der Waals surface area contributed by atoms with Crippen LogP contribution in [0.25, 0.3) is 0 Å². The first-order valence-corrected chi connectivity index (χ1v) is 15.8. The molecule has 1 rings (SSSR count). The van der Waals surface area contributed by atoms with E-state index >= 15 is 0 Å². The summed E-state index contributed by atoms with van der Waals surface area (Å²) >= 11 is 8.14. The fourth-order valence-electron chi connectivity index (χ4n) is 3.81. The Labute approximate surface area is 219 Å². The normalized spacial score (nSPS) is 11.3. The van der Waals surface area contributed by atoms with Crippen molar-refractivity contribution in [3.8, 4) is 5.75 Å². The van der Waals surface area contributed by atoms with Gasteiger partial charge in [-0.3, -0.25) is 4.57 Å². The van der Waals surface area contributed by atoms with Gasteiger partial charge >= 0.3 is 35.3 Å². The number of aryl methyl sites for hydroxylation is 2. The molecule has 0 aliphatic heterocycles. The van der Waals surface area contributed by atoms with Crippen LogP contribution < -0.4 is 4.52 Å². The molecule has 30 heavy (non-hydrogen) atoms. The summed E-state index contributed by atoms with van der Waals surface area (Å²) < 4.78 is 17.9. The summed E-state index contributed by atoms with van der Waals surface area (Å²) in [4.78, 5) is 0. The third-order valence-electron chi connectivity index (χ3n) is 5.49. The van der Waals surface area contributed by atoms with E-state index in [1.54, 1.807) is 0 Å². The topological polar surface area (TPSA) is 26.3 Å². The van der Waals surface area contributed by atoms with E-state index in [-0.39, 0.29) is 29.6 Å². The second-order valence-electron chi connectivity index (χ2n) is 8.23. The molecule has 0 N–H and O–H groups in total. The number of hydrogen-bond acceptors (Lipinski definition) is 2. The average Bonchev–Trinajstić information content (AvgIpc) is 2.67. The van der Waals surface area contributed by atoms with Gasteiger partial charge in [-0.15, -0.1) is 0 Å². The Bertz CT molecular complexity index is 556. The average molecular weight is 483 g/mol. The third-order valence-corrected chi connectivity index (χ3v) is 6.40. The van der Waals surface area contributed by atoms with Crippen LogP contribution in [0.5, 0.6) is 5.75 Å². The summed E-state index contributed by atoms with van der Waals surface area (Å²) in [5, 5.41) is 0. The van der Waals surface area contributed by atoms with Gasteiger partial charge in [0.2, 0.25) is 0 Å². The first kappa shape index (κ1) is 30.9. The second kappa shape index (κ2) is 19.4. The van der Waals surface area contributed by atoms with Gasteiger partial charge in [-0.1, -0.05) is 134 Å². The van der Waals surface area contributed by atoms with Crippen LogP contribution in [0.3, 0.4) is 0 Å². The number of benzene rings is 1. The van der Waals surface area contributed by atoms with Gasteiger partial charge in [-0.25, -0.2) is 0 Å². The molecule has 0 spiro atoms. The molecule has 0 aromatic heterocycles. The molecule has 0 aliphatic carbocycles. The van der Waals surface area contributed by atoms with Crippen LogP contribution in [-0.2, 0) is 17.4 Å². The van der Waals surface area contributed by atoms with Crippen molar-refractivity contribution in [2.24, 2.45) is 0 Å². The van der Waals surface area contributed by atoms with Gasteiger partial charge in [0, 0.05) is 0 Å². The molecule has 0 saturated heterocycles. The third kappa shape index (κ3) is 15.7. The number of unbranched alkanes of at least 4 members (excludes halogenated alkanes) is 12. The van der Waals surface area contributed by atoms with Gasteiger partial charge in [0.1, 0.15) is 5.75 Å². The zero-order chi connectivity index (χ0) is 21.4. The second-order valence-corrected chi connectivity index (χ2v) is 13.5. The van der Waals surface area contributed by atoms with Crippen molar-refractivity contribution in [3.63, 3.8) is 0 Å². The van der Waals surface area contributed by atoms with E-state index in [0.29, 0.717) is 0 Å². The molecular formula is C24H44NaO2PS2. The molecule has 0 saturated carbocycles. The Hall–Kier alpha value is 0.950. The van der Waals surface area contributed by atoms with Crippen molar-refractivity contribution in [2.75, 3.05) is 0 Å². The fourth-order valence-corrected chi connectivity index (χ4v) is 4.78. The minimum absolute atomic E-state index is 0. The van der Waals surface area contributed by atoms with Crippen molar-refractivity contribution in [1.29, 1.82) is 0 Å².